The van der Waals surface area contributed by atoms with E-state index in [9.17, 15) is 9.59 Å². The lowest BCUT2D eigenvalue weighted by molar-refractivity contribution is 0.0761. The number of benzene rings is 1. The molecule has 5 heteroatoms. The second-order valence-electron chi connectivity index (χ2n) is 7.52. The first-order valence-electron chi connectivity index (χ1n) is 10.3. The maximum atomic E-state index is 12.6. The van der Waals surface area contributed by atoms with E-state index in [0.717, 1.165) is 38.8 Å². The Hall–Kier alpha value is -2.30. The van der Waals surface area contributed by atoms with Gasteiger partial charge in [0.1, 0.15) is 0 Å². The van der Waals surface area contributed by atoms with Crippen LogP contribution in [0.3, 0.4) is 0 Å². The Labute approximate surface area is 162 Å². The average Bonchev–Trinajstić information content (AvgIpc) is 2.98. The first-order valence-corrected chi connectivity index (χ1v) is 10.3. The summed E-state index contributed by atoms with van der Waals surface area (Å²) < 4.78 is 0. The van der Waals surface area contributed by atoms with Gasteiger partial charge in [0.05, 0.1) is 0 Å². The number of likely N-dealkylation sites (tertiary alicyclic amines) is 1. The van der Waals surface area contributed by atoms with Crippen LogP contribution in [0.2, 0.25) is 0 Å². The highest BCUT2D eigenvalue weighted by Gasteiger charge is 2.17. The Morgan fingerprint density at radius 1 is 0.926 bits per heavy atom. The summed E-state index contributed by atoms with van der Waals surface area (Å²) in [5.74, 6) is 0.0914. The highest BCUT2D eigenvalue weighted by Crippen LogP contribution is 2.19. The molecule has 0 bridgehead atoms. The molecule has 1 aromatic carbocycles. The number of anilines is 1. The molecule has 1 aliphatic carbocycles. The van der Waals surface area contributed by atoms with Crippen molar-refractivity contribution in [2.75, 3.05) is 25.0 Å². The minimum Gasteiger partial charge on any atom is -0.339 e. The van der Waals surface area contributed by atoms with Crippen LogP contribution in [0, 0.1) is 0 Å². The number of nitrogens with one attached hydrogen (secondary N) is 2. The van der Waals surface area contributed by atoms with E-state index in [4.69, 9.17) is 0 Å². The van der Waals surface area contributed by atoms with Crippen LogP contribution in [-0.4, -0.2) is 36.5 Å². The van der Waals surface area contributed by atoms with Gasteiger partial charge >= 0.3 is 6.03 Å². The summed E-state index contributed by atoms with van der Waals surface area (Å²) in [6.45, 7) is 2.35. The predicted molar refractivity (Wildman–Crippen MR) is 109 cm³/mol. The predicted octanol–water partition coefficient (Wildman–Crippen LogP) is 4.71. The summed E-state index contributed by atoms with van der Waals surface area (Å²) >= 11 is 0. The van der Waals surface area contributed by atoms with Gasteiger partial charge < -0.3 is 15.5 Å². The Bertz CT molecular complexity index is 659. The lowest BCUT2D eigenvalue weighted by Crippen LogP contribution is -2.32. The van der Waals surface area contributed by atoms with Crippen molar-refractivity contribution >= 4 is 17.6 Å². The molecule has 0 unspecified atom stereocenters. The molecule has 1 aliphatic heterocycles. The number of allylic oxidation sites excluding steroid dienone is 1. The van der Waals surface area contributed by atoms with Crippen LogP contribution in [0.15, 0.2) is 35.9 Å². The molecule has 5 nitrogen and oxygen atoms in total. The molecule has 27 heavy (non-hydrogen) atoms. The number of carbonyl (C=O) groups is 2. The monoisotopic (exact) mass is 369 g/mol. The smallest absolute Gasteiger partial charge is 0.319 e. The van der Waals surface area contributed by atoms with E-state index in [1.165, 1.54) is 37.7 Å². The van der Waals surface area contributed by atoms with Gasteiger partial charge in [-0.3, -0.25) is 4.79 Å². The molecule has 1 fully saturated rings. The van der Waals surface area contributed by atoms with E-state index in [1.807, 2.05) is 4.90 Å². The lowest BCUT2D eigenvalue weighted by Gasteiger charge is -2.20. The molecule has 3 amide bonds. The average molecular weight is 370 g/mol. The molecule has 0 aromatic heterocycles. The van der Waals surface area contributed by atoms with Crippen LogP contribution in [0.5, 0.6) is 0 Å². The van der Waals surface area contributed by atoms with Gasteiger partial charge in [-0.2, -0.15) is 0 Å². The van der Waals surface area contributed by atoms with Gasteiger partial charge in [-0.1, -0.05) is 24.5 Å². The minimum absolute atomic E-state index is 0.0914. The Morgan fingerprint density at radius 3 is 2.33 bits per heavy atom. The molecular weight excluding hydrogens is 338 g/mol. The number of rotatable bonds is 5. The number of hydrogen-bond acceptors (Lipinski definition) is 2. The van der Waals surface area contributed by atoms with Gasteiger partial charge in [0.2, 0.25) is 0 Å². The SMILES string of the molecule is O=C(NCCC1=CCCCC1)Nc1ccc(C(=O)N2CCCCCC2)cc1. The van der Waals surface area contributed by atoms with Crippen LogP contribution in [-0.2, 0) is 0 Å². The van der Waals surface area contributed by atoms with Gasteiger partial charge in [0, 0.05) is 30.9 Å². The summed E-state index contributed by atoms with van der Waals surface area (Å²) in [5.41, 5.74) is 2.85. The topological polar surface area (TPSA) is 61.4 Å². The van der Waals surface area contributed by atoms with Crippen molar-refractivity contribution in [2.24, 2.45) is 0 Å². The molecule has 1 aromatic rings. The van der Waals surface area contributed by atoms with Crippen molar-refractivity contribution in [3.63, 3.8) is 0 Å². The standard InChI is InChI=1S/C22H31N3O2/c26-21(25-16-6-1-2-7-17-25)19-10-12-20(13-11-19)24-22(27)23-15-14-18-8-4-3-5-9-18/h8,10-13H,1-7,9,14-17H2,(H2,23,24,27). The van der Waals surface area contributed by atoms with Crippen molar-refractivity contribution in [1.82, 2.24) is 10.2 Å². The zero-order valence-corrected chi connectivity index (χ0v) is 16.1. The van der Waals surface area contributed by atoms with Crippen LogP contribution >= 0.6 is 0 Å². The van der Waals surface area contributed by atoms with E-state index < -0.39 is 0 Å². The first kappa shape index (κ1) is 19.5. The lowest BCUT2D eigenvalue weighted by atomic mass is 9.97. The first-order chi connectivity index (χ1) is 13.2. The zero-order chi connectivity index (χ0) is 18.9. The fourth-order valence-corrected chi connectivity index (χ4v) is 3.80. The van der Waals surface area contributed by atoms with Crippen LogP contribution < -0.4 is 10.6 Å². The van der Waals surface area contributed by atoms with Crippen molar-refractivity contribution < 1.29 is 9.59 Å². The van der Waals surface area contributed by atoms with Gasteiger partial charge in [0.15, 0.2) is 0 Å². The molecule has 2 N–H and O–H groups in total. The van der Waals surface area contributed by atoms with Crippen LogP contribution in [0.25, 0.3) is 0 Å². The Balaban J connectivity index is 1.44. The summed E-state index contributed by atoms with van der Waals surface area (Å²) in [6.07, 6.45) is 12.7. The second kappa shape index (κ2) is 10.1. The summed E-state index contributed by atoms with van der Waals surface area (Å²) in [6, 6.07) is 7.01. The number of urea groups is 1. The fraction of sp³-hybridized carbons (Fsp3) is 0.545. The molecule has 3 rings (SSSR count). The normalized spacial score (nSPS) is 17.6. The number of carbonyl (C=O) groups excluding carboxylic acids is 2. The van der Waals surface area contributed by atoms with E-state index in [1.54, 1.807) is 24.3 Å². The molecular formula is C22H31N3O2. The molecule has 0 spiro atoms. The van der Waals surface area contributed by atoms with Gasteiger partial charge in [-0.25, -0.2) is 4.79 Å². The van der Waals surface area contributed by atoms with Gasteiger partial charge in [-0.05, 0) is 69.2 Å². The largest absolute Gasteiger partial charge is 0.339 e. The molecule has 0 radical (unpaired) electrons. The molecule has 0 saturated carbocycles. The summed E-state index contributed by atoms with van der Waals surface area (Å²) in [4.78, 5) is 26.6. The number of hydrogen-bond donors (Lipinski definition) is 2. The molecule has 1 saturated heterocycles. The minimum atomic E-state index is -0.196. The fourth-order valence-electron chi connectivity index (χ4n) is 3.80. The zero-order valence-electron chi connectivity index (χ0n) is 16.1. The summed E-state index contributed by atoms with van der Waals surface area (Å²) in [7, 11) is 0. The highest BCUT2D eigenvalue weighted by molar-refractivity contribution is 5.95. The third-order valence-electron chi connectivity index (χ3n) is 5.40. The quantitative estimate of drug-likeness (QED) is 0.738. The van der Waals surface area contributed by atoms with E-state index in [-0.39, 0.29) is 11.9 Å². The molecule has 0 atom stereocenters. The summed E-state index contributed by atoms with van der Waals surface area (Å²) in [5, 5.41) is 5.75. The maximum Gasteiger partial charge on any atom is 0.319 e. The molecule has 1 heterocycles. The second-order valence-corrected chi connectivity index (χ2v) is 7.52. The van der Waals surface area contributed by atoms with Gasteiger partial charge in [0.25, 0.3) is 5.91 Å². The van der Waals surface area contributed by atoms with Crippen molar-refractivity contribution in [2.45, 2.75) is 57.8 Å². The number of nitrogens with zero attached hydrogens (tertiary/aromatic N) is 1. The van der Waals surface area contributed by atoms with Crippen molar-refractivity contribution in [3.05, 3.63) is 41.5 Å². The number of amides is 3. The van der Waals surface area contributed by atoms with E-state index in [2.05, 4.69) is 16.7 Å². The third-order valence-corrected chi connectivity index (χ3v) is 5.40. The molecule has 2 aliphatic rings. The Morgan fingerprint density at radius 2 is 1.67 bits per heavy atom. The van der Waals surface area contributed by atoms with E-state index in [0.29, 0.717) is 17.8 Å². The van der Waals surface area contributed by atoms with Crippen LogP contribution in [0.1, 0.15) is 68.1 Å². The maximum absolute atomic E-state index is 12.6. The highest BCUT2D eigenvalue weighted by atomic mass is 16.2. The van der Waals surface area contributed by atoms with Gasteiger partial charge in [-0.15, -0.1) is 0 Å². The van der Waals surface area contributed by atoms with Crippen molar-refractivity contribution in [1.29, 1.82) is 0 Å². The van der Waals surface area contributed by atoms with Crippen LogP contribution in [0.4, 0.5) is 10.5 Å². The Kier molecular flexibility index (Phi) is 7.31. The third kappa shape index (κ3) is 6.12. The van der Waals surface area contributed by atoms with Crippen molar-refractivity contribution in [3.8, 4) is 0 Å². The van der Waals surface area contributed by atoms with E-state index >= 15 is 0 Å². The molecule has 146 valence electrons.